The van der Waals surface area contributed by atoms with Gasteiger partial charge in [0.2, 0.25) is 0 Å². The fraction of sp³-hybridized carbons (Fsp3) is 0.462. The highest BCUT2D eigenvalue weighted by molar-refractivity contribution is 5.97. The summed E-state index contributed by atoms with van der Waals surface area (Å²) in [4.78, 5) is 13.7. The van der Waals surface area contributed by atoms with Gasteiger partial charge in [-0.15, -0.1) is 0 Å². The molecule has 1 N–H and O–H groups in total. The van der Waals surface area contributed by atoms with Crippen molar-refractivity contribution in [3.63, 3.8) is 0 Å². The van der Waals surface area contributed by atoms with Crippen LogP contribution < -0.4 is 0 Å². The van der Waals surface area contributed by atoms with E-state index < -0.39 is 11.4 Å². The molecule has 0 spiro atoms. The third-order valence-corrected chi connectivity index (χ3v) is 3.07. The molecule has 1 aromatic rings. The summed E-state index contributed by atoms with van der Waals surface area (Å²) in [6, 6.07) is 5.99. The highest BCUT2D eigenvalue weighted by atomic mass is 19.1. The van der Waals surface area contributed by atoms with Crippen LogP contribution in [0.1, 0.15) is 23.7 Å². The van der Waals surface area contributed by atoms with E-state index in [1.54, 1.807) is 19.1 Å². The number of Topliss-reactive ketones (excluding diaryl/α,β-unsaturated/α-hetero) is 1. The summed E-state index contributed by atoms with van der Waals surface area (Å²) >= 11 is 0. The van der Waals surface area contributed by atoms with Crippen molar-refractivity contribution in [1.82, 2.24) is 4.90 Å². The molecule has 1 fully saturated rings. The third kappa shape index (κ3) is 2.90. The highest BCUT2D eigenvalue weighted by Crippen LogP contribution is 2.20. The molecule has 1 heterocycles. The van der Waals surface area contributed by atoms with E-state index in [1.165, 1.54) is 12.1 Å². The van der Waals surface area contributed by atoms with E-state index in [1.807, 2.05) is 4.90 Å². The molecule has 1 unspecified atom stereocenters. The molecule has 0 aromatic heterocycles. The largest absolute Gasteiger partial charge is 0.389 e. The predicted molar refractivity (Wildman–Crippen MR) is 62.4 cm³/mol. The molecule has 0 radical (unpaired) electrons. The minimum Gasteiger partial charge on any atom is -0.389 e. The molecular weight excluding hydrogens is 221 g/mol. The zero-order chi connectivity index (χ0) is 12.5. The molecule has 17 heavy (non-hydrogen) atoms. The summed E-state index contributed by atoms with van der Waals surface area (Å²) in [5.74, 6) is -0.718. The molecule has 3 nitrogen and oxygen atoms in total. The van der Waals surface area contributed by atoms with Gasteiger partial charge in [0.25, 0.3) is 0 Å². The average molecular weight is 237 g/mol. The van der Waals surface area contributed by atoms with Gasteiger partial charge in [0, 0.05) is 13.1 Å². The Morgan fingerprint density at radius 1 is 1.53 bits per heavy atom. The molecule has 1 saturated heterocycles. The minimum absolute atomic E-state index is 0.124. The summed E-state index contributed by atoms with van der Waals surface area (Å²) in [6.45, 7) is 3.05. The number of carbonyl (C=O) groups excluding carboxylic acids is 1. The molecule has 0 saturated carbocycles. The quantitative estimate of drug-likeness (QED) is 0.809. The molecule has 2 rings (SSSR count). The van der Waals surface area contributed by atoms with E-state index >= 15 is 0 Å². The number of rotatable bonds is 3. The van der Waals surface area contributed by atoms with Crippen molar-refractivity contribution in [2.45, 2.75) is 18.9 Å². The van der Waals surface area contributed by atoms with Crippen molar-refractivity contribution in [2.75, 3.05) is 19.6 Å². The lowest BCUT2D eigenvalue weighted by Gasteiger charge is -2.18. The number of likely N-dealkylation sites (tertiary alicyclic amines) is 1. The van der Waals surface area contributed by atoms with Gasteiger partial charge in [0.1, 0.15) is 5.82 Å². The first kappa shape index (κ1) is 12.2. The van der Waals surface area contributed by atoms with Gasteiger partial charge in [-0.2, -0.15) is 0 Å². The molecule has 1 aromatic carbocycles. The van der Waals surface area contributed by atoms with Crippen LogP contribution >= 0.6 is 0 Å². The zero-order valence-electron chi connectivity index (χ0n) is 9.82. The van der Waals surface area contributed by atoms with E-state index in [2.05, 4.69) is 0 Å². The monoisotopic (exact) mass is 237 g/mol. The molecule has 4 heteroatoms. The Bertz CT molecular complexity index is 431. The van der Waals surface area contributed by atoms with Crippen molar-refractivity contribution in [3.8, 4) is 0 Å². The maximum absolute atomic E-state index is 13.4. The van der Waals surface area contributed by atoms with E-state index in [9.17, 15) is 14.3 Å². The van der Waals surface area contributed by atoms with Crippen LogP contribution in [-0.4, -0.2) is 41.0 Å². The van der Waals surface area contributed by atoms with Crippen molar-refractivity contribution in [2.24, 2.45) is 0 Å². The van der Waals surface area contributed by atoms with Crippen LogP contribution in [0.5, 0.6) is 0 Å². The lowest BCUT2D eigenvalue weighted by atomic mass is 10.1. The van der Waals surface area contributed by atoms with Crippen LogP contribution in [0.2, 0.25) is 0 Å². The lowest BCUT2D eigenvalue weighted by molar-refractivity contribution is 0.0668. The molecule has 0 bridgehead atoms. The van der Waals surface area contributed by atoms with E-state index in [-0.39, 0.29) is 17.9 Å². The van der Waals surface area contributed by atoms with Crippen molar-refractivity contribution >= 4 is 5.78 Å². The van der Waals surface area contributed by atoms with E-state index in [0.29, 0.717) is 19.5 Å². The fourth-order valence-electron chi connectivity index (χ4n) is 2.15. The number of hydrogen-bond acceptors (Lipinski definition) is 3. The molecule has 92 valence electrons. The molecule has 1 aliphatic heterocycles. The molecule has 1 atom stereocenters. The first-order chi connectivity index (χ1) is 7.98. The molecule has 1 aliphatic rings. The van der Waals surface area contributed by atoms with Gasteiger partial charge in [0.05, 0.1) is 17.7 Å². The third-order valence-electron chi connectivity index (χ3n) is 3.07. The van der Waals surface area contributed by atoms with Crippen LogP contribution in [0.3, 0.4) is 0 Å². The Morgan fingerprint density at radius 2 is 2.24 bits per heavy atom. The maximum Gasteiger partial charge on any atom is 0.179 e. The predicted octanol–water partition coefficient (Wildman–Crippen LogP) is 1.47. The number of nitrogens with zero attached hydrogens (tertiary/aromatic N) is 1. The number of carbonyl (C=O) groups is 1. The number of β-amino-alcohol motifs (C(OH)–C–C–N with tert-alkyl or cyclic N) is 1. The van der Waals surface area contributed by atoms with E-state index in [0.717, 1.165) is 0 Å². The van der Waals surface area contributed by atoms with Crippen molar-refractivity contribution < 1.29 is 14.3 Å². The van der Waals surface area contributed by atoms with Gasteiger partial charge >= 0.3 is 0 Å². The van der Waals surface area contributed by atoms with Gasteiger partial charge in [0.15, 0.2) is 5.78 Å². The fourth-order valence-corrected chi connectivity index (χ4v) is 2.15. The second-order valence-corrected chi connectivity index (χ2v) is 4.86. The first-order valence-electron chi connectivity index (χ1n) is 5.70. The Labute approximate surface area is 99.9 Å². The molecular formula is C13H16FNO2. The van der Waals surface area contributed by atoms with Crippen LogP contribution in [0.25, 0.3) is 0 Å². The number of hydrogen-bond donors (Lipinski definition) is 1. The van der Waals surface area contributed by atoms with Crippen molar-refractivity contribution in [1.29, 1.82) is 0 Å². The Kier molecular flexibility index (Phi) is 3.26. The highest BCUT2D eigenvalue weighted by Gasteiger charge is 2.32. The minimum atomic E-state index is -0.727. The van der Waals surface area contributed by atoms with Crippen molar-refractivity contribution in [3.05, 3.63) is 35.6 Å². The molecule has 0 amide bonds. The summed E-state index contributed by atoms with van der Waals surface area (Å²) in [5, 5.41) is 9.78. The smallest absolute Gasteiger partial charge is 0.179 e. The van der Waals surface area contributed by atoms with Crippen LogP contribution in [0, 0.1) is 5.82 Å². The number of aliphatic hydroxyl groups is 1. The van der Waals surface area contributed by atoms with Gasteiger partial charge in [-0.25, -0.2) is 4.39 Å². The Hall–Kier alpha value is -1.26. The van der Waals surface area contributed by atoms with Gasteiger partial charge in [-0.3, -0.25) is 9.69 Å². The van der Waals surface area contributed by atoms with Gasteiger partial charge in [-0.05, 0) is 25.5 Å². The second-order valence-electron chi connectivity index (χ2n) is 4.86. The second kappa shape index (κ2) is 4.55. The summed E-state index contributed by atoms with van der Waals surface area (Å²) in [6.07, 6.45) is 0.650. The Morgan fingerprint density at radius 3 is 2.82 bits per heavy atom. The maximum atomic E-state index is 13.4. The lowest BCUT2D eigenvalue weighted by Crippen LogP contribution is -2.33. The van der Waals surface area contributed by atoms with Gasteiger partial charge < -0.3 is 5.11 Å². The number of ketones is 1. The SMILES string of the molecule is CC1(O)CCN(CC(=O)c2ccccc2F)C1. The average Bonchev–Trinajstić information content (AvgIpc) is 2.58. The topological polar surface area (TPSA) is 40.5 Å². The van der Waals surface area contributed by atoms with Crippen LogP contribution in [0.15, 0.2) is 24.3 Å². The van der Waals surface area contributed by atoms with E-state index in [4.69, 9.17) is 0 Å². The van der Waals surface area contributed by atoms with Crippen LogP contribution in [0.4, 0.5) is 4.39 Å². The zero-order valence-corrected chi connectivity index (χ0v) is 9.82. The van der Waals surface area contributed by atoms with Gasteiger partial charge in [-0.1, -0.05) is 12.1 Å². The molecule has 0 aliphatic carbocycles. The summed E-state index contributed by atoms with van der Waals surface area (Å²) < 4.78 is 13.4. The Balaban J connectivity index is 2.01. The number of benzene rings is 1. The summed E-state index contributed by atoms with van der Waals surface area (Å²) in [5.41, 5.74) is -0.603. The summed E-state index contributed by atoms with van der Waals surface area (Å²) in [7, 11) is 0. The van der Waals surface area contributed by atoms with Crippen LogP contribution in [-0.2, 0) is 0 Å². The standard InChI is InChI=1S/C13H16FNO2/c1-13(17)6-7-15(9-13)8-12(16)10-4-2-3-5-11(10)14/h2-5,17H,6-9H2,1H3. The number of halogens is 1. The first-order valence-corrected chi connectivity index (χ1v) is 5.70. The normalized spacial score (nSPS) is 25.1.